The number of carbonyl (C=O) groups is 1. The molecular weight excluding hydrogens is 348 g/mol. The molecule has 0 radical (unpaired) electrons. The normalized spacial score (nSPS) is 24.0. The summed E-state index contributed by atoms with van der Waals surface area (Å²) < 4.78 is 5.49. The van der Waals surface area contributed by atoms with Gasteiger partial charge in [-0.05, 0) is 35.1 Å². The monoisotopic (exact) mass is 372 g/mol. The number of fused-ring (bicyclic) bond motifs is 1. The molecule has 1 amide bonds. The highest BCUT2D eigenvalue weighted by molar-refractivity contribution is 7.99. The van der Waals surface area contributed by atoms with Gasteiger partial charge in [0.1, 0.15) is 5.75 Å². The smallest absolute Gasteiger partial charge is 0.255 e. The van der Waals surface area contributed by atoms with E-state index in [2.05, 4.69) is 10.2 Å². The molecule has 2 aliphatic heterocycles. The minimum atomic E-state index is -0.210. The first-order chi connectivity index (χ1) is 12.7. The number of thioether (sulfide) groups is 1. The van der Waals surface area contributed by atoms with E-state index in [1.165, 1.54) is 0 Å². The van der Waals surface area contributed by atoms with Gasteiger partial charge in [-0.25, -0.2) is 0 Å². The standard InChI is InChI=1S/C20H24N2O3S/c23-18-12-16-4-2-1-3-15(16)11-17(18)19(24)21-13-20(5-10-26-14-20)22-6-8-25-9-7-22/h1-4,11-12,23H,5-10,13-14H2,(H,21,24). The second kappa shape index (κ2) is 7.47. The van der Waals surface area contributed by atoms with Gasteiger partial charge in [0.2, 0.25) is 0 Å². The van der Waals surface area contributed by atoms with E-state index >= 15 is 0 Å². The van der Waals surface area contributed by atoms with Crippen molar-refractivity contribution in [2.75, 3.05) is 44.4 Å². The number of hydrogen-bond acceptors (Lipinski definition) is 5. The van der Waals surface area contributed by atoms with Gasteiger partial charge in [0, 0.05) is 30.9 Å². The number of morpholine rings is 1. The summed E-state index contributed by atoms with van der Waals surface area (Å²) in [7, 11) is 0. The SMILES string of the molecule is O=C(NCC1(N2CCOCC2)CCSC1)c1cc2ccccc2cc1O. The van der Waals surface area contributed by atoms with Crippen LogP contribution in [-0.2, 0) is 4.74 Å². The van der Waals surface area contributed by atoms with Crippen LogP contribution in [0, 0.1) is 0 Å². The number of ether oxygens (including phenoxy) is 1. The molecule has 26 heavy (non-hydrogen) atoms. The number of carbonyl (C=O) groups excluding carboxylic acids is 1. The average Bonchev–Trinajstić information content (AvgIpc) is 3.16. The predicted molar refractivity (Wildman–Crippen MR) is 105 cm³/mol. The van der Waals surface area contributed by atoms with E-state index in [1.807, 2.05) is 36.0 Å². The molecule has 5 nitrogen and oxygen atoms in total. The van der Waals surface area contributed by atoms with Gasteiger partial charge in [0.25, 0.3) is 5.91 Å². The van der Waals surface area contributed by atoms with Crippen molar-refractivity contribution < 1.29 is 14.6 Å². The maximum absolute atomic E-state index is 12.8. The predicted octanol–water partition coefficient (Wildman–Crippen LogP) is 2.48. The molecule has 2 saturated heterocycles. The van der Waals surface area contributed by atoms with Gasteiger partial charge in [0.05, 0.1) is 18.8 Å². The maximum atomic E-state index is 12.8. The van der Waals surface area contributed by atoms with Crippen LogP contribution >= 0.6 is 11.8 Å². The molecule has 2 aliphatic rings. The highest BCUT2D eigenvalue weighted by atomic mass is 32.2. The molecule has 6 heteroatoms. The minimum absolute atomic E-state index is 0.00340. The van der Waals surface area contributed by atoms with Crippen molar-refractivity contribution in [1.29, 1.82) is 0 Å². The second-order valence-electron chi connectivity index (χ2n) is 7.03. The number of aromatic hydroxyl groups is 1. The van der Waals surface area contributed by atoms with Gasteiger partial charge in [-0.1, -0.05) is 24.3 Å². The number of phenols is 1. The first-order valence-corrected chi connectivity index (χ1v) is 10.2. The molecule has 0 bridgehead atoms. The molecule has 0 saturated carbocycles. The largest absolute Gasteiger partial charge is 0.507 e. The summed E-state index contributed by atoms with van der Waals surface area (Å²) in [6.45, 7) is 3.94. The van der Waals surface area contributed by atoms with Crippen LogP contribution < -0.4 is 5.32 Å². The minimum Gasteiger partial charge on any atom is -0.507 e. The van der Waals surface area contributed by atoms with Crippen LogP contribution in [0.5, 0.6) is 5.75 Å². The molecule has 1 atom stereocenters. The van der Waals surface area contributed by atoms with Gasteiger partial charge in [-0.2, -0.15) is 11.8 Å². The molecular formula is C20H24N2O3S. The lowest BCUT2D eigenvalue weighted by molar-refractivity contribution is -0.0129. The molecule has 0 spiro atoms. The molecule has 0 aliphatic carbocycles. The molecule has 2 aromatic carbocycles. The lowest BCUT2D eigenvalue weighted by Crippen LogP contribution is -2.59. The van der Waals surface area contributed by atoms with E-state index in [4.69, 9.17) is 4.74 Å². The zero-order valence-electron chi connectivity index (χ0n) is 14.7. The van der Waals surface area contributed by atoms with Crippen molar-refractivity contribution in [2.24, 2.45) is 0 Å². The Morgan fingerprint density at radius 3 is 2.65 bits per heavy atom. The van der Waals surface area contributed by atoms with Crippen LogP contribution in [0.1, 0.15) is 16.8 Å². The third-order valence-corrected chi connectivity index (χ3v) is 6.69. The van der Waals surface area contributed by atoms with E-state index in [0.717, 1.165) is 55.0 Å². The number of amides is 1. The van der Waals surface area contributed by atoms with Crippen molar-refractivity contribution in [1.82, 2.24) is 10.2 Å². The molecule has 2 N–H and O–H groups in total. The lowest BCUT2D eigenvalue weighted by atomic mass is 9.95. The summed E-state index contributed by atoms with van der Waals surface area (Å²) >= 11 is 1.94. The van der Waals surface area contributed by atoms with Crippen LogP contribution in [0.3, 0.4) is 0 Å². The third kappa shape index (κ3) is 3.41. The van der Waals surface area contributed by atoms with Gasteiger partial charge >= 0.3 is 0 Å². The summed E-state index contributed by atoms with van der Waals surface area (Å²) in [4.78, 5) is 15.2. The summed E-state index contributed by atoms with van der Waals surface area (Å²) in [5.41, 5.74) is 0.336. The van der Waals surface area contributed by atoms with Crippen molar-refractivity contribution in [3.8, 4) is 5.75 Å². The fraction of sp³-hybridized carbons (Fsp3) is 0.450. The van der Waals surface area contributed by atoms with Crippen LogP contribution in [0.25, 0.3) is 10.8 Å². The zero-order valence-corrected chi connectivity index (χ0v) is 15.6. The Labute approximate surface area is 157 Å². The van der Waals surface area contributed by atoms with Crippen molar-refractivity contribution in [3.05, 3.63) is 42.0 Å². The Morgan fingerprint density at radius 2 is 1.96 bits per heavy atom. The van der Waals surface area contributed by atoms with E-state index in [-0.39, 0.29) is 17.2 Å². The number of hydrogen-bond donors (Lipinski definition) is 2. The molecule has 1 unspecified atom stereocenters. The Balaban J connectivity index is 1.51. The van der Waals surface area contributed by atoms with E-state index in [9.17, 15) is 9.90 Å². The molecule has 2 heterocycles. The van der Waals surface area contributed by atoms with Crippen molar-refractivity contribution >= 4 is 28.4 Å². The third-order valence-electron chi connectivity index (χ3n) is 5.45. The van der Waals surface area contributed by atoms with E-state index in [0.29, 0.717) is 12.1 Å². The van der Waals surface area contributed by atoms with Gasteiger partial charge in [-0.15, -0.1) is 0 Å². The quantitative estimate of drug-likeness (QED) is 0.863. The highest BCUT2D eigenvalue weighted by Crippen LogP contribution is 2.34. The van der Waals surface area contributed by atoms with Crippen LogP contribution in [0.4, 0.5) is 0 Å². The second-order valence-corrected chi connectivity index (χ2v) is 8.13. The maximum Gasteiger partial charge on any atom is 0.255 e. The summed E-state index contributed by atoms with van der Waals surface area (Å²) in [6, 6.07) is 11.2. The van der Waals surface area contributed by atoms with E-state index in [1.54, 1.807) is 12.1 Å². The Bertz CT molecular complexity index is 799. The first-order valence-electron chi connectivity index (χ1n) is 9.08. The van der Waals surface area contributed by atoms with Crippen LogP contribution in [0.15, 0.2) is 36.4 Å². The molecule has 138 valence electrons. The van der Waals surface area contributed by atoms with Crippen LogP contribution in [0.2, 0.25) is 0 Å². The number of rotatable bonds is 4. The Kier molecular flexibility index (Phi) is 5.07. The summed E-state index contributed by atoms with van der Waals surface area (Å²) in [6.07, 6.45) is 1.07. The Morgan fingerprint density at radius 1 is 1.23 bits per heavy atom. The molecule has 2 aromatic rings. The van der Waals surface area contributed by atoms with Crippen molar-refractivity contribution in [3.63, 3.8) is 0 Å². The van der Waals surface area contributed by atoms with Gasteiger partial charge < -0.3 is 15.2 Å². The lowest BCUT2D eigenvalue weighted by Gasteiger charge is -2.43. The number of benzene rings is 2. The topological polar surface area (TPSA) is 61.8 Å². The molecule has 2 fully saturated rings. The number of nitrogens with zero attached hydrogens (tertiary/aromatic N) is 1. The van der Waals surface area contributed by atoms with Gasteiger partial charge in [-0.3, -0.25) is 9.69 Å². The molecule has 0 aromatic heterocycles. The Hall–Kier alpha value is -1.76. The summed E-state index contributed by atoms with van der Waals surface area (Å²) in [5.74, 6) is 1.96. The van der Waals surface area contributed by atoms with Crippen molar-refractivity contribution in [2.45, 2.75) is 12.0 Å². The molecule has 4 rings (SSSR count). The van der Waals surface area contributed by atoms with Gasteiger partial charge in [0.15, 0.2) is 0 Å². The zero-order chi connectivity index (χ0) is 18.0. The highest BCUT2D eigenvalue weighted by Gasteiger charge is 2.41. The fourth-order valence-corrected chi connectivity index (χ4v) is 5.36. The fourth-order valence-electron chi connectivity index (χ4n) is 3.88. The average molecular weight is 372 g/mol. The summed E-state index contributed by atoms with van der Waals surface area (Å²) in [5, 5.41) is 15.3. The first kappa shape index (κ1) is 17.6. The number of nitrogens with one attached hydrogen (secondary N) is 1. The van der Waals surface area contributed by atoms with E-state index < -0.39 is 0 Å². The van der Waals surface area contributed by atoms with Crippen LogP contribution in [-0.4, -0.2) is 65.8 Å². The number of phenolic OH excluding ortho intramolecular Hbond substituents is 1.